The number of benzene rings is 1. The van der Waals surface area contributed by atoms with Gasteiger partial charge in [0, 0.05) is 30.6 Å². The van der Waals surface area contributed by atoms with E-state index in [2.05, 4.69) is 27.3 Å². The van der Waals surface area contributed by atoms with Crippen molar-refractivity contribution in [2.24, 2.45) is 5.92 Å². The Morgan fingerprint density at radius 3 is 3.18 bits per heavy atom. The highest BCUT2D eigenvalue weighted by atomic mass is 79.9. The van der Waals surface area contributed by atoms with E-state index in [1.807, 2.05) is 19.1 Å². The summed E-state index contributed by atoms with van der Waals surface area (Å²) in [4.78, 5) is 0. The van der Waals surface area contributed by atoms with E-state index in [4.69, 9.17) is 9.84 Å². The van der Waals surface area contributed by atoms with Gasteiger partial charge in [-0.05, 0) is 29.7 Å². The molecule has 0 bridgehead atoms. The zero-order valence-corrected chi connectivity index (χ0v) is 11.5. The molecule has 0 aromatic heterocycles. The number of rotatable bonds is 5. The molecular formula is C13H18BrNO2. The normalized spacial score (nSPS) is 19.8. The van der Waals surface area contributed by atoms with Crippen molar-refractivity contribution in [1.29, 1.82) is 0 Å². The van der Waals surface area contributed by atoms with Crippen LogP contribution >= 0.6 is 15.9 Å². The van der Waals surface area contributed by atoms with Crippen LogP contribution in [0.3, 0.4) is 0 Å². The Morgan fingerprint density at radius 2 is 2.41 bits per heavy atom. The number of halogens is 1. The topological polar surface area (TPSA) is 41.5 Å². The minimum absolute atomic E-state index is 0.213. The Hall–Kier alpha value is -0.580. The molecule has 2 N–H and O–H groups in total. The van der Waals surface area contributed by atoms with Crippen molar-refractivity contribution < 1.29 is 9.84 Å². The van der Waals surface area contributed by atoms with Crippen LogP contribution in [0.4, 0.5) is 0 Å². The predicted molar refractivity (Wildman–Crippen MR) is 71.4 cm³/mol. The average molecular weight is 300 g/mol. The Bertz CT molecular complexity index is 384. The largest absolute Gasteiger partial charge is 0.488 e. The van der Waals surface area contributed by atoms with Crippen LogP contribution in [0.5, 0.6) is 5.75 Å². The zero-order chi connectivity index (χ0) is 12.3. The van der Waals surface area contributed by atoms with Crippen LogP contribution in [-0.4, -0.2) is 30.9 Å². The molecule has 1 aliphatic rings. The monoisotopic (exact) mass is 299 g/mol. The van der Waals surface area contributed by atoms with E-state index < -0.39 is 0 Å². The van der Waals surface area contributed by atoms with Crippen molar-refractivity contribution in [2.75, 3.05) is 19.7 Å². The lowest BCUT2D eigenvalue weighted by atomic mass is 10.1. The molecule has 3 nitrogen and oxygen atoms in total. The highest BCUT2D eigenvalue weighted by molar-refractivity contribution is 9.10. The summed E-state index contributed by atoms with van der Waals surface area (Å²) in [6.07, 6.45) is 1.17. The van der Waals surface area contributed by atoms with Gasteiger partial charge in [-0.2, -0.15) is 0 Å². The number of hydrogen-bond acceptors (Lipinski definition) is 3. The van der Waals surface area contributed by atoms with Gasteiger partial charge in [-0.3, -0.25) is 0 Å². The van der Waals surface area contributed by atoms with Crippen molar-refractivity contribution in [3.05, 3.63) is 28.2 Å². The molecule has 1 aromatic rings. The van der Waals surface area contributed by atoms with Crippen LogP contribution in [0.2, 0.25) is 0 Å². The van der Waals surface area contributed by atoms with Crippen LogP contribution in [0.1, 0.15) is 12.5 Å². The second kappa shape index (κ2) is 5.85. The molecular weight excluding hydrogens is 282 g/mol. The van der Waals surface area contributed by atoms with Gasteiger partial charge in [-0.1, -0.05) is 22.9 Å². The second-order valence-corrected chi connectivity index (χ2v) is 5.56. The summed E-state index contributed by atoms with van der Waals surface area (Å²) in [6, 6.07) is 6.13. The van der Waals surface area contributed by atoms with Crippen molar-refractivity contribution in [3.8, 4) is 5.75 Å². The van der Waals surface area contributed by atoms with E-state index in [1.165, 1.54) is 5.56 Å². The van der Waals surface area contributed by atoms with Crippen molar-refractivity contribution in [1.82, 2.24) is 5.32 Å². The standard InChI is InChI=1S/C13H18BrNO2/c1-9(8-16)6-15-7-12-5-10-4-11(14)2-3-13(10)17-12/h2-4,9,12,15-16H,5-8H2,1H3. The highest BCUT2D eigenvalue weighted by Gasteiger charge is 2.22. The first kappa shape index (κ1) is 12.9. The van der Waals surface area contributed by atoms with Gasteiger partial charge in [0.1, 0.15) is 11.9 Å². The van der Waals surface area contributed by atoms with E-state index >= 15 is 0 Å². The van der Waals surface area contributed by atoms with Crippen LogP contribution in [0, 0.1) is 5.92 Å². The number of hydrogen-bond donors (Lipinski definition) is 2. The Labute approximate surface area is 110 Å². The maximum absolute atomic E-state index is 8.92. The molecule has 0 aliphatic carbocycles. The fourth-order valence-corrected chi connectivity index (χ4v) is 2.37. The third-order valence-corrected chi connectivity index (χ3v) is 3.43. The Kier molecular flexibility index (Phi) is 4.42. The SMILES string of the molecule is CC(CO)CNCC1Cc2cc(Br)ccc2O1. The van der Waals surface area contributed by atoms with Gasteiger partial charge in [0.2, 0.25) is 0 Å². The molecule has 2 atom stereocenters. The van der Waals surface area contributed by atoms with Crippen LogP contribution < -0.4 is 10.1 Å². The molecule has 2 unspecified atom stereocenters. The first-order chi connectivity index (χ1) is 8.19. The minimum Gasteiger partial charge on any atom is -0.488 e. The number of aliphatic hydroxyl groups is 1. The minimum atomic E-state index is 0.213. The van der Waals surface area contributed by atoms with E-state index in [0.29, 0.717) is 5.92 Å². The molecule has 0 radical (unpaired) electrons. The van der Waals surface area contributed by atoms with E-state index in [1.54, 1.807) is 0 Å². The Morgan fingerprint density at radius 1 is 1.59 bits per heavy atom. The fourth-order valence-electron chi connectivity index (χ4n) is 1.96. The average Bonchev–Trinajstić information content (AvgIpc) is 2.70. The van der Waals surface area contributed by atoms with Crippen LogP contribution in [-0.2, 0) is 6.42 Å². The first-order valence-electron chi connectivity index (χ1n) is 5.95. The third-order valence-electron chi connectivity index (χ3n) is 2.94. The van der Waals surface area contributed by atoms with Gasteiger partial charge in [0.05, 0.1) is 0 Å². The molecule has 1 heterocycles. The third kappa shape index (κ3) is 3.44. The molecule has 1 aliphatic heterocycles. The molecule has 0 saturated carbocycles. The summed E-state index contributed by atoms with van der Waals surface area (Å²) in [5, 5.41) is 12.3. The lowest BCUT2D eigenvalue weighted by Crippen LogP contribution is -2.33. The summed E-state index contributed by atoms with van der Waals surface area (Å²) in [7, 11) is 0. The van der Waals surface area contributed by atoms with Gasteiger partial charge < -0.3 is 15.2 Å². The quantitative estimate of drug-likeness (QED) is 0.873. The molecule has 0 amide bonds. The first-order valence-corrected chi connectivity index (χ1v) is 6.75. The zero-order valence-electron chi connectivity index (χ0n) is 9.95. The van der Waals surface area contributed by atoms with Gasteiger partial charge in [-0.25, -0.2) is 0 Å². The van der Waals surface area contributed by atoms with Gasteiger partial charge in [0.25, 0.3) is 0 Å². The molecule has 0 fully saturated rings. The summed E-state index contributed by atoms with van der Waals surface area (Å²) in [5.74, 6) is 1.29. The lowest BCUT2D eigenvalue weighted by molar-refractivity contribution is 0.208. The number of fused-ring (bicyclic) bond motifs is 1. The van der Waals surface area contributed by atoms with Gasteiger partial charge in [0.15, 0.2) is 0 Å². The van der Waals surface area contributed by atoms with Crippen molar-refractivity contribution in [2.45, 2.75) is 19.4 Å². The second-order valence-electron chi connectivity index (χ2n) is 4.64. The molecule has 0 spiro atoms. The van der Waals surface area contributed by atoms with Gasteiger partial charge >= 0.3 is 0 Å². The van der Waals surface area contributed by atoms with Gasteiger partial charge in [-0.15, -0.1) is 0 Å². The molecule has 1 aromatic carbocycles. The molecule has 17 heavy (non-hydrogen) atoms. The summed E-state index contributed by atoms with van der Waals surface area (Å²) in [5.41, 5.74) is 1.27. The van der Waals surface area contributed by atoms with Crippen molar-refractivity contribution in [3.63, 3.8) is 0 Å². The Balaban J connectivity index is 1.80. The number of nitrogens with one attached hydrogen (secondary N) is 1. The number of ether oxygens (including phenoxy) is 1. The molecule has 94 valence electrons. The number of aliphatic hydroxyl groups excluding tert-OH is 1. The fraction of sp³-hybridized carbons (Fsp3) is 0.538. The smallest absolute Gasteiger partial charge is 0.123 e. The van der Waals surface area contributed by atoms with E-state index in [9.17, 15) is 0 Å². The lowest BCUT2D eigenvalue weighted by Gasteiger charge is -2.14. The predicted octanol–water partition coefficient (Wildman–Crippen LogP) is 1.97. The molecule has 4 heteroatoms. The maximum atomic E-state index is 8.92. The van der Waals surface area contributed by atoms with E-state index in [0.717, 1.165) is 29.7 Å². The summed E-state index contributed by atoms with van der Waals surface area (Å²) >= 11 is 3.47. The van der Waals surface area contributed by atoms with Crippen LogP contribution in [0.15, 0.2) is 22.7 Å². The summed E-state index contributed by atoms with van der Waals surface area (Å²) < 4.78 is 6.93. The molecule has 2 rings (SSSR count). The molecule has 0 saturated heterocycles. The van der Waals surface area contributed by atoms with Crippen LogP contribution in [0.25, 0.3) is 0 Å². The summed E-state index contributed by atoms with van der Waals surface area (Å²) in [6.45, 7) is 3.91. The maximum Gasteiger partial charge on any atom is 0.123 e. The highest BCUT2D eigenvalue weighted by Crippen LogP contribution is 2.30. The van der Waals surface area contributed by atoms with E-state index in [-0.39, 0.29) is 12.7 Å². The van der Waals surface area contributed by atoms with Crippen molar-refractivity contribution >= 4 is 15.9 Å².